The zero-order valence-electron chi connectivity index (χ0n) is 13.4. The van der Waals surface area contributed by atoms with Crippen LogP contribution in [0.25, 0.3) is 0 Å². The van der Waals surface area contributed by atoms with Crippen LogP contribution in [-0.2, 0) is 5.41 Å². The molecule has 0 aliphatic rings. The molecule has 0 spiro atoms. The number of phenolic OH excluding ortho intramolecular Hbond substituents is 3. The SMILES string of the molecule is Oc1ccc(C(c2ccc(O)cc2)(c2ccc(O)cc2)C(F)(F)F)cc1. The highest BCUT2D eigenvalue weighted by molar-refractivity contribution is 5.54. The van der Waals surface area contributed by atoms with Crippen LogP contribution >= 0.6 is 0 Å². The van der Waals surface area contributed by atoms with Gasteiger partial charge in [0.1, 0.15) is 22.7 Å². The van der Waals surface area contributed by atoms with Crippen LogP contribution < -0.4 is 0 Å². The number of alkyl halides is 3. The van der Waals surface area contributed by atoms with Gasteiger partial charge in [-0.3, -0.25) is 0 Å². The molecule has 0 radical (unpaired) electrons. The summed E-state index contributed by atoms with van der Waals surface area (Å²) in [6.45, 7) is 0. The number of aromatic hydroxyl groups is 3. The van der Waals surface area contributed by atoms with Gasteiger partial charge < -0.3 is 15.3 Å². The lowest BCUT2D eigenvalue weighted by molar-refractivity contribution is -0.166. The number of halogens is 3. The molecule has 3 nitrogen and oxygen atoms in total. The van der Waals surface area contributed by atoms with Gasteiger partial charge in [0, 0.05) is 0 Å². The predicted octanol–water partition coefficient (Wildman–Crippen LogP) is 4.70. The summed E-state index contributed by atoms with van der Waals surface area (Å²) in [5, 5.41) is 28.5. The van der Waals surface area contributed by atoms with E-state index in [9.17, 15) is 28.5 Å². The molecule has 0 heterocycles. The maximum atomic E-state index is 14.5. The number of rotatable bonds is 3. The van der Waals surface area contributed by atoms with Crippen molar-refractivity contribution in [3.63, 3.8) is 0 Å². The zero-order chi connectivity index (χ0) is 18.9. The fraction of sp³-hybridized carbons (Fsp3) is 0.100. The van der Waals surface area contributed by atoms with E-state index < -0.39 is 11.6 Å². The summed E-state index contributed by atoms with van der Waals surface area (Å²) in [7, 11) is 0. The Balaban J connectivity index is 2.40. The van der Waals surface area contributed by atoms with Crippen molar-refractivity contribution < 1.29 is 28.5 Å². The first-order chi connectivity index (χ1) is 12.2. The maximum absolute atomic E-state index is 14.5. The summed E-state index contributed by atoms with van der Waals surface area (Å²) in [6.07, 6.45) is -4.74. The molecule has 0 aromatic heterocycles. The van der Waals surface area contributed by atoms with Crippen LogP contribution in [0.15, 0.2) is 72.8 Å². The third-order valence-electron chi connectivity index (χ3n) is 4.33. The van der Waals surface area contributed by atoms with Crippen LogP contribution in [0.4, 0.5) is 13.2 Å². The lowest BCUT2D eigenvalue weighted by atomic mass is 9.68. The lowest BCUT2D eigenvalue weighted by Crippen LogP contribution is -2.44. The second kappa shape index (κ2) is 6.29. The monoisotopic (exact) mass is 360 g/mol. The Bertz CT molecular complexity index is 773. The van der Waals surface area contributed by atoms with Gasteiger partial charge in [-0.15, -0.1) is 0 Å². The minimum Gasteiger partial charge on any atom is -0.508 e. The third kappa shape index (κ3) is 2.83. The van der Waals surface area contributed by atoms with Gasteiger partial charge in [0.05, 0.1) is 0 Å². The van der Waals surface area contributed by atoms with E-state index in [0.717, 1.165) is 0 Å². The minimum atomic E-state index is -4.74. The molecule has 3 N–H and O–H groups in total. The van der Waals surface area contributed by atoms with Gasteiger partial charge >= 0.3 is 6.18 Å². The first kappa shape index (κ1) is 17.7. The van der Waals surface area contributed by atoms with E-state index in [1.54, 1.807) is 0 Å². The van der Waals surface area contributed by atoms with Gasteiger partial charge in [-0.25, -0.2) is 0 Å². The van der Waals surface area contributed by atoms with Crippen LogP contribution in [0.2, 0.25) is 0 Å². The Morgan fingerprint density at radius 3 is 0.885 bits per heavy atom. The van der Waals surface area contributed by atoms with Gasteiger partial charge in [-0.05, 0) is 53.1 Å². The molecule has 3 rings (SSSR count). The summed E-state index contributed by atoms with van der Waals surface area (Å²) >= 11 is 0. The average molecular weight is 360 g/mol. The molecule has 26 heavy (non-hydrogen) atoms. The maximum Gasteiger partial charge on any atom is 0.406 e. The van der Waals surface area contributed by atoms with E-state index in [2.05, 4.69) is 0 Å². The highest BCUT2D eigenvalue weighted by Gasteiger charge is 2.58. The Kier molecular flexibility index (Phi) is 4.28. The van der Waals surface area contributed by atoms with Gasteiger partial charge in [0.25, 0.3) is 0 Å². The van der Waals surface area contributed by atoms with Gasteiger partial charge in [-0.2, -0.15) is 13.2 Å². The second-order valence-electron chi connectivity index (χ2n) is 5.89. The summed E-state index contributed by atoms with van der Waals surface area (Å²) in [5.74, 6) is -0.455. The second-order valence-corrected chi connectivity index (χ2v) is 5.89. The fourth-order valence-corrected chi connectivity index (χ4v) is 3.13. The minimum absolute atomic E-state index is 0.0980. The molecule has 6 heteroatoms. The summed E-state index contributed by atoms with van der Waals surface area (Å²) < 4.78 is 43.6. The van der Waals surface area contributed by atoms with Crippen LogP contribution in [0.3, 0.4) is 0 Å². The summed E-state index contributed by atoms with van der Waals surface area (Å²) in [5.41, 5.74) is -2.83. The number of benzene rings is 3. The zero-order valence-corrected chi connectivity index (χ0v) is 13.4. The van der Waals surface area contributed by atoms with Crippen molar-refractivity contribution in [2.75, 3.05) is 0 Å². The smallest absolute Gasteiger partial charge is 0.406 e. The molecular weight excluding hydrogens is 345 g/mol. The molecule has 3 aromatic carbocycles. The van der Waals surface area contributed by atoms with Crippen molar-refractivity contribution in [2.24, 2.45) is 0 Å². The molecule has 0 aliphatic heterocycles. The average Bonchev–Trinajstić information content (AvgIpc) is 2.59. The first-order valence-electron chi connectivity index (χ1n) is 7.70. The van der Waals surface area contributed by atoms with E-state index in [1.165, 1.54) is 72.8 Å². The highest BCUT2D eigenvalue weighted by Crippen LogP contribution is 2.51. The molecule has 0 aliphatic carbocycles. The van der Waals surface area contributed by atoms with Crippen LogP contribution in [-0.4, -0.2) is 21.5 Å². The van der Waals surface area contributed by atoms with Crippen molar-refractivity contribution in [1.29, 1.82) is 0 Å². The Morgan fingerprint density at radius 1 is 0.462 bits per heavy atom. The Labute approximate surface area is 147 Å². The molecule has 0 saturated heterocycles. The van der Waals surface area contributed by atoms with Crippen LogP contribution in [0, 0.1) is 0 Å². The van der Waals surface area contributed by atoms with Gasteiger partial charge in [-0.1, -0.05) is 36.4 Å². The number of hydrogen-bond donors (Lipinski definition) is 3. The molecule has 3 aromatic rings. The van der Waals surface area contributed by atoms with Gasteiger partial charge in [0.2, 0.25) is 0 Å². The molecule has 0 atom stereocenters. The quantitative estimate of drug-likeness (QED) is 0.594. The summed E-state index contributed by atoms with van der Waals surface area (Å²) in [6, 6.07) is 14.4. The Hall–Kier alpha value is -3.15. The van der Waals surface area contributed by atoms with Crippen molar-refractivity contribution in [3.8, 4) is 17.2 Å². The van der Waals surface area contributed by atoms with E-state index in [-0.39, 0.29) is 33.9 Å². The van der Waals surface area contributed by atoms with Crippen LogP contribution in [0.1, 0.15) is 16.7 Å². The standard InChI is InChI=1S/C20H15F3O3/c21-20(22,23)19(13-1-7-16(24)8-2-13,14-3-9-17(25)10-4-14)15-5-11-18(26)12-6-15/h1-12,24-26H. The predicted molar refractivity (Wildman–Crippen MR) is 90.3 cm³/mol. The topological polar surface area (TPSA) is 60.7 Å². The molecule has 134 valence electrons. The normalized spacial score (nSPS) is 12.1. The van der Waals surface area contributed by atoms with E-state index in [1.807, 2.05) is 0 Å². The Morgan fingerprint density at radius 2 is 0.692 bits per heavy atom. The number of phenols is 3. The fourth-order valence-electron chi connectivity index (χ4n) is 3.13. The molecular formula is C20H15F3O3. The van der Waals surface area contributed by atoms with E-state index in [0.29, 0.717) is 0 Å². The largest absolute Gasteiger partial charge is 0.508 e. The first-order valence-corrected chi connectivity index (χ1v) is 7.70. The van der Waals surface area contributed by atoms with E-state index >= 15 is 0 Å². The van der Waals surface area contributed by atoms with Crippen molar-refractivity contribution in [3.05, 3.63) is 89.5 Å². The van der Waals surface area contributed by atoms with Crippen molar-refractivity contribution in [1.82, 2.24) is 0 Å². The third-order valence-corrected chi connectivity index (χ3v) is 4.33. The molecule has 0 unspecified atom stereocenters. The highest BCUT2D eigenvalue weighted by atomic mass is 19.4. The van der Waals surface area contributed by atoms with Gasteiger partial charge in [0.15, 0.2) is 0 Å². The molecule has 0 amide bonds. The van der Waals surface area contributed by atoms with Crippen molar-refractivity contribution >= 4 is 0 Å². The molecule has 0 saturated carbocycles. The summed E-state index contributed by atoms with van der Waals surface area (Å²) in [4.78, 5) is 0. The lowest BCUT2D eigenvalue weighted by Gasteiger charge is -2.37. The number of hydrogen-bond acceptors (Lipinski definition) is 3. The van der Waals surface area contributed by atoms with Crippen molar-refractivity contribution in [2.45, 2.75) is 11.6 Å². The molecule has 0 fully saturated rings. The molecule has 0 bridgehead atoms. The van der Waals surface area contributed by atoms with E-state index in [4.69, 9.17) is 0 Å². The van der Waals surface area contributed by atoms with Crippen LogP contribution in [0.5, 0.6) is 17.2 Å².